The van der Waals surface area contributed by atoms with Crippen molar-refractivity contribution in [3.8, 4) is 0 Å². The van der Waals surface area contributed by atoms with Gasteiger partial charge in [0.2, 0.25) is 0 Å². The second-order valence-corrected chi connectivity index (χ2v) is 7.61. The standard InChI is InChI=1S/C14H10BrClN2O2S/c1-9-2-4-10(5-3-9)21(19,20)18-8-11(15)13-12(18)6-7-17-14(13)16/h2-8H,1H3. The predicted molar refractivity (Wildman–Crippen MR) is 86.2 cm³/mol. The van der Waals surface area contributed by atoms with E-state index in [4.69, 9.17) is 11.6 Å². The third kappa shape index (κ3) is 2.37. The number of aromatic nitrogens is 2. The lowest BCUT2D eigenvalue weighted by atomic mass is 10.2. The number of rotatable bonds is 2. The third-order valence-electron chi connectivity index (χ3n) is 3.17. The van der Waals surface area contributed by atoms with Gasteiger partial charge in [-0.2, -0.15) is 0 Å². The molecule has 0 saturated carbocycles. The number of benzene rings is 1. The van der Waals surface area contributed by atoms with Gasteiger partial charge in [0.15, 0.2) is 0 Å². The van der Waals surface area contributed by atoms with Gasteiger partial charge in [-0.15, -0.1) is 0 Å². The van der Waals surface area contributed by atoms with Crippen molar-refractivity contribution in [3.63, 3.8) is 0 Å². The number of hydrogen-bond donors (Lipinski definition) is 0. The van der Waals surface area contributed by atoms with Gasteiger partial charge in [0.1, 0.15) is 5.15 Å². The van der Waals surface area contributed by atoms with Crippen molar-refractivity contribution in [2.24, 2.45) is 0 Å². The van der Waals surface area contributed by atoms with E-state index in [0.29, 0.717) is 15.4 Å². The van der Waals surface area contributed by atoms with Crippen LogP contribution < -0.4 is 0 Å². The van der Waals surface area contributed by atoms with E-state index in [9.17, 15) is 8.42 Å². The van der Waals surface area contributed by atoms with E-state index in [1.807, 2.05) is 6.92 Å². The molecule has 0 saturated heterocycles. The third-order valence-corrected chi connectivity index (χ3v) is 5.74. The number of hydrogen-bond acceptors (Lipinski definition) is 3. The average molecular weight is 386 g/mol. The fraction of sp³-hybridized carbons (Fsp3) is 0.0714. The molecular weight excluding hydrogens is 376 g/mol. The van der Waals surface area contributed by atoms with Crippen LogP contribution in [-0.4, -0.2) is 17.4 Å². The van der Waals surface area contributed by atoms with E-state index in [1.54, 1.807) is 30.3 Å². The minimum atomic E-state index is -3.68. The van der Waals surface area contributed by atoms with E-state index in [0.717, 1.165) is 5.56 Å². The van der Waals surface area contributed by atoms with Crippen molar-refractivity contribution in [3.05, 3.63) is 57.9 Å². The quantitative estimate of drug-likeness (QED) is 0.627. The Morgan fingerprint density at radius 1 is 1.19 bits per heavy atom. The first-order valence-electron chi connectivity index (χ1n) is 6.04. The van der Waals surface area contributed by atoms with Crippen LogP contribution in [0.1, 0.15) is 5.56 Å². The molecule has 0 amide bonds. The Kier molecular flexibility index (Phi) is 3.55. The van der Waals surface area contributed by atoms with Crippen LogP contribution in [0, 0.1) is 6.92 Å². The molecule has 4 nitrogen and oxygen atoms in total. The molecular formula is C14H10BrClN2O2S. The summed E-state index contributed by atoms with van der Waals surface area (Å²) in [5.41, 5.74) is 1.49. The van der Waals surface area contributed by atoms with Crippen LogP contribution in [0.4, 0.5) is 0 Å². The fourth-order valence-corrected chi connectivity index (χ4v) is 4.55. The molecule has 0 N–H and O–H groups in total. The summed E-state index contributed by atoms with van der Waals surface area (Å²) in [5, 5.41) is 0.840. The molecule has 0 atom stereocenters. The van der Waals surface area contributed by atoms with Gasteiger partial charge in [-0.3, -0.25) is 0 Å². The van der Waals surface area contributed by atoms with Crippen LogP contribution in [0.3, 0.4) is 0 Å². The molecule has 0 aliphatic heterocycles. The maximum Gasteiger partial charge on any atom is 0.268 e. The van der Waals surface area contributed by atoms with Crippen molar-refractivity contribution >= 4 is 48.5 Å². The average Bonchev–Trinajstić information content (AvgIpc) is 2.79. The molecule has 0 unspecified atom stereocenters. The van der Waals surface area contributed by atoms with Crippen LogP contribution >= 0.6 is 27.5 Å². The van der Waals surface area contributed by atoms with Crippen molar-refractivity contribution in [1.82, 2.24) is 8.96 Å². The van der Waals surface area contributed by atoms with Gasteiger partial charge in [-0.05, 0) is 41.1 Å². The summed E-state index contributed by atoms with van der Waals surface area (Å²) in [6.45, 7) is 1.91. The SMILES string of the molecule is Cc1ccc(S(=O)(=O)n2cc(Br)c3c(Cl)nccc32)cc1. The van der Waals surface area contributed by atoms with Crippen molar-refractivity contribution in [1.29, 1.82) is 0 Å². The molecule has 3 rings (SSSR count). The van der Waals surface area contributed by atoms with Gasteiger partial charge in [0, 0.05) is 16.9 Å². The maximum atomic E-state index is 12.8. The molecule has 0 fully saturated rings. The van der Waals surface area contributed by atoms with Gasteiger partial charge in [-0.1, -0.05) is 29.3 Å². The zero-order chi connectivity index (χ0) is 15.2. The summed E-state index contributed by atoms with van der Waals surface area (Å²) in [7, 11) is -3.68. The predicted octanol–water partition coefficient (Wildman–Crippen LogP) is 4.00. The zero-order valence-corrected chi connectivity index (χ0v) is 14.1. The zero-order valence-electron chi connectivity index (χ0n) is 10.9. The van der Waals surface area contributed by atoms with Crippen molar-refractivity contribution in [2.45, 2.75) is 11.8 Å². The highest BCUT2D eigenvalue weighted by Crippen LogP contribution is 2.33. The normalized spacial score (nSPS) is 12.0. The summed E-state index contributed by atoms with van der Waals surface area (Å²) in [6, 6.07) is 8.34. The number of pyridine rings is 1. The topological polar surface area (TPSA) is 52.0 Å². The monoisotopic (exact) mass is 384 g/mol. The first kappa shape index (κ1) is 14.6. The lowest BCUT2D eigenvalue weighted by Crippen LogP contribution is -2.11. The molecule has 3 aromatic rings. The van der Waals surface area contributed by atoms with E-state index >= 15 is 0 Å². The number of nitrogens with zero attached hydrogens (tertiary/aromatic N) is 2. The summed E-state index contributed by atoms with van der Waals surface area (Å²) in [6.07, 6.45) is 2.98. The largest absolute Gasteiger partial charge is 0.268 e. The summed E-state index contributed by atoms with van der Waals surface area (Å²) in [4.78, 5) is 4.20. The molecule has 0 aliphatic carbocycles. The first-order chi connectivity index (χ1) is 9.91. The minimum Gasteiger partial charge on any atom is -0.244 e. The maximum absolute atomic E-state index is 12.8. The van der Waals surface area contributed by atoms with Gasteiger partial charge >= 0.3 is 0 Å². The molecule has 1 aromatic carbocycles. The second-order valence-electron chi connectivity index (χ2n) is 4.59. The molecule has 0 radical (unpaired) electrons. The minimum absolute atomic E-state index is 0.227. The molecule has 2 heterocycles. The molecule has 108 valence electrons. The first-order valence-corrected chi connectivity index (χ1v) is 8.65. The van der Waals surface area contributed by atoms with Crippen molar-refractivity contribution in [2.75, 3.05) is 0 Å². The lowest BCUT2D eigenvalue weighted by molar-refractivity contribution is 0.589. The number of aryl methyl sites for hydroxylation is 1. The second kappa shape index (κ2) is 5.12. The number of fused-ring (bicyclic) bond motifs is 1. The van der Waals surface area contributed by atoms with Crippen LogP contribution in [0.2, 0.25) is 5.15 Å². The van der Waals surface area contributed by atoms with Crippen molar-refractivity contribution < 1.29 is 8.42 Å². The molecule has 21 heavy (non-hydrogen) atoms. The molecule has 2 aromatic heterocycles. The van der Waals surface area contributed by atoms with Crippen LogP contribution in [0.5, 0.6) is 0 Å². The van der Waals surface area contributed by atoms with E-state index in [1.165, 1.54) is 16.4 Å². The summed E-state index contributed by atoms with van der Waals surface area (Å²) < 4.78 is 27.3. The Morgan fingerprint density at radius 3 is 2.52 bits per heavy atom. The van der Waals surface area contributed by atoms with Gasteiger partial charge in [0.05, 0.1) is 15.8 Å². The smallest absolute Gasteiger partial charge is 0.244 e. The Balaban J connectivity index is 2.29. The number of halogens is 2. The molecule has 0 spiro atoms. The van der Waals surface area contributed by atoms with Crippen LogP contribution in [0.25, 0.3) is 10.9 Å². The Bertz CT molecular complexity index is 934. The van der Waals surface area contributed by atoms with E-state index in [-0.39, 0.29) is 10.0 Å². The highest BCUT2D eigenvalue weighted by Gasteiger charge is 2.21. The molecule has 0 aliphatic rings. The fourth-order valence-electron chi connectivity index (χ4n) is 2.09. The lowest BCUT2D eigenvalue weighted by Gasteiger charge is -2.07. The highest BCUT2D eigenvalue weighted by molar-refractivity contribution is 9.10. The van der Waals surface area contributed by atoms with Gasteiger partial charge in [0.25, 0.3) is 10.0 Å². The molecule has 0 bridgehead atoms. The van der Waals surface area contributed by atoms with Gasteiger partial charge < -0.3 is 0 Å². The summed E-state index contributed by atoms with van der Waals surface area (Å²) in [5.74, 6) is 0. The van der Waals surface area contributed by atoms with Gasteiger partial charge in [-0.25, -0.2) is 17.4 Å². The van der Waals surface area contributed by atoms with E-state index < -0.39 is 10.0 Å². The Morgan fingerprint density at radius 2 is 1.86 bits per heavy atom. The molecule has 7 heteroatoms. The Labute approximate surface area is 135 Å². The van der Waals surface area contributed by atoms with Crippen LogP contribution in [0.15, 0.2) is 52.1 Å². The van der Waals surface area contributed by atoms with E-state index in [2.05, 4.69) is 20.9 Å². The van der Waals surface area contributed by atoms with Crippen LogP contribution in [-0.2, 0) is 10.0 Å². The summed E-state index contributed by atoms with van der Waals surface area (Å²) >= 11 is 9.38. The highest BCUT2D eigenvalue weighted by atomic mass is 79.9. The Hall–Kier alpha value is -1.37.